The predicted molar refractivity (Wildman–Crippen MR) is 100 cm³/mol. The van der Waals surface area contributed by atoms with Crippen molar-refractivity contribution >= 4 is 17.7 Å². The maximum atomic E-state index is 12.7. The van der Waals surface area contributed by atoms with Gasteiger partial charge in [0.15, 0.2) is 0 Å². The smallest absolute Gasteiger partial charge is 0.254 e. The van der Waals surface area contributed by atoms with Gasteiger partial charge in [0.1, 0.15) is 10.8 Å². The predicted octanol–water partition coefficient (Wildman–Crippen LogP) is 3.52. The van der Waals surface area contributed by atoms with E-state index in [-0.39, 0.29) is 12.0 Å². The van der Waals surface area contributed by atoms with E-state index in [0.717, 1.165) is 41.5 Å². The minimum absolute atomic E-state index is 0.0708. The Bertz CT molecular complexity index is 743. The summed E-state index contributed by atoms with van der Waals surface area (Å²) in [6.07, 6.45) is 3.96. The van der Waals surface area contributed by atoms with E-state index >= 15 is 0 Å². The molecule has 2 atom stereocenters. The van der Waals surface area contributed by atoms with Crippen LogP contribution in [0.25, 0.3) is 0 Å². The van der Waals surface area contributed by atoms with E-state index in [1.54, 1.807) is 12.3 Å². The summed E-state index contributed by atoms with van der Waals surface area (Å²) in [5.41, 5.74) is 2.55. The van der Waals surface area contributed by atoms with Crippen LogP contribution in [0, 0.1) is 19.8 Å². The van der Waals surface area contributed by atoms with Gasteiger partial charge in [-0.15, -0.1) is 11.8 Å². The van der Waals surface area contributed by atoms with Crippen molar-refractivity contribution in [3.8, 4) is 0 Å². The van der Waals surface area contributed by atoms with Gasteiger partial charge in [0.2, 0.25) is 0 Å². The summed E-state index contributed by atoms with van der Waals surface area (Å²) in [7, 11) is 0. The molecule has 2 aromatic heterocycles. The molecule has 7 heteroatoms. The second kappa shape index (κ2) is 8.68. The van der Waals surface area contributed by atoms with E-state index in [2.05, 4.69) is 22.4 Å². The molecular formula is C19H25N3O3S. The van der Waals surface area contributed by atoms with Crippen LogP contribution < -0.4 is 5.32 Å². The van der Waals surface area contributed by atoms with Crippen molar-refractivity contribution in [1.29, 1.82) is 0 Å². The summed E-state index contributed by atoms with van der Waals surface area (Å²) >= 11 is 1.53. The van der Waals surface area contributed by atoms with Crippen LogP contribution in [0.3, 0.4) is 0 Å². The Kier molecular flexibility index (Phi) is 6.32. The number of amides is 1. The van der Waals surface area contributed by atoms with Gasteiger partial charge >= 0.3 is 0 Å². The van der Waals surface area contributed by atoms with Crippen LogP contribution in [0.1, 0.15) is 47.1 Å². The summed E-state index contributed by atoms with van der Waals surface area (Å²) in [4.78, 5) is 17.1. The normalized spacial score (nSPS) is 20.1. The Morgan fingerprint density at radius 1 is 1.42 bits per heavy atom. The van der Waals surface area contributed by atoms with Crippen LogP contribution in [0.4, 0.5) is 0 Å². The van der Waals surface area contributed by atoms with E-state index < -0.39 is 0 Å². The molecule has 0 saturated carbocycles. The molecule has 0 aliphatic carbocycles. The standard InChI is InChI=1S/C19H25N3O3S/c1-12-9-15(6-8-24-12)10-21-18(23)16-5-4-7-20-19(16)26-11-17-13(2)22-25-14(17)3/h4-5,7,12,15H,6,8-11H2,1-3H3,(H,21,23)/t12-,15+/m0/s1. The molecule has 1 aliphatic rings. The number of ether oxygens (including phenoxy) is 1. The average Bonchev–Trinajstić information content (AvgIpc) is 2.96. The molecule has 6 nitrogen and oxygen atoms in total. The number of nitrogens with zero attached hydrogens (tertiary/aromatic N) is 2. The second-order valence-electron chi connectivity index (χ2n) is 6.73. The number of rotatable bonds is 6. The number of nitrogens with one attached hydrogen (secondary N) is 1. The van der Waals surface area contributed by atoms with Crippen molar-refractivity contribution in [2.45, 2.75) is 50.5 Å². The largest absolute Gasteiger partial charge is 0.378 e. The first-order valence-corrected chi connectivity index (χ1v) is 9.92. The molecule has 1 amide bonds. The molecule has 2 aromatic rings. The van der Waals surface area contributed by atoms with E-state index in [4.69, 9.17) is 9.26 Å². The summed E-state index contributed by atoms with van der Waals surface area (Å²) in [6.45, 7) is 7.35. The molecule has 1 N–H and O–H groups in total. The zero-order chi connectivity index (χ0) is 18.5. The molecule has 140 valence electrons. The molecule has 1 saturated heterocycles. The number of aromatic nitrogens is 2. The SMILES string of the molecule is Cc1noc(C)c1CSc1ncccc1C(=O)NC[C@@H]1CCO[C@@H](C)C1. The van der Waals surface area contributed by atoms with Crippen molar-refractivity contribution < 1.29 is 14.1 Å². The van der Waals surface area contributed by atoms with Gasteiger partial charge in [0.05, 0.1) is 17.4 Å². The first-order valence-electron chi connectivity index (χ1n) is 8.94. The first kappa shape index (κ1) is 18.9. The summed E-state index contributed by atoms with van der Waals surface area (Å²) in [5.74, 6) is 1.89. The summed E-state index contributed by atoms with van der Waals surface area (Å²) in [5, 5.41) is 7.77. The molecule has 1 aliphatic heterocycles. The number of carbonyl (C=O) groups excluding carboxylic acids is 1. The monoisotopic (exact) mass is 375 g/mol. The fourth-order valence-electron chi connectivity index (χ4n) is 3.14. The summed E-state index contributed by atoms with van der Waals surface area (Å²) in [6, 6.07) is 3.62. The van der Waals surface area contributed by atoms with E-state index in [1.165, 1.54) is 11.8 Å². The third kappa shape index (κ3) is 4.65. The van der Waals surface area contributed by atoms with Gasteiger partial charge in [-0.1, -0.05) is 5.16 Å². The lowest BCUT2D eigenvalue weighted by atomic mass is 9.96. The Hall–Kier alpha value is -1.86. The topological polar surface area (TPSA) is 77.2 Å². The zero-order valence-electron chi connectivity index (χ0n) is 15.4. The van der Waals surface area contributed by atoms with Gasteiger partial charge in [-0.25, -0.2) is 4.98 Å². The highest BCUT2D eigenvalue weighted by molar-refractivity contribution is 7.98. The molecule has 1 fully saturated rings. The third-order valence-electron chi connectivity index (χ3n) is 4.70. The highest BCUT2D eigenvalue weighted by Crippen LogP contribution is 2.27. The van der Waals surface area contributed by atoms with Crippen molar-refractivity contribution in [2.75, 3.05) is 13.2 Å². The molecule has 0 unspecified atom stereocenters. The van der Waals surface area contributed by atoms with Crippen LogP contribution in [0.15, 0.2) is 27.9 Å². The average molecular weight is 375 g/mol. The molecule has 3 rings (SSSR count). The second-order valence-corrected chi connectivity index (χ2v) is 7.69. The number of carbonyl (C=O) groups is 1. The van der Waals surface area contributed by atoms with Crippen molar-refractivity contribution in [1.82, 2.24) is 15.5 Å². The van der Waals surface area contributed by atoms with Crippen molar-refractivity contribution in [3.63, 3.8) is 0 Å². The van der Waals surface area contributed by atoms with E-state index in [9.17, 15) is 4.79 Å². The van der Waals surface area contributed by atoms with Gasteiger partial charge in [-0.3, -0.25) is 4.79 Å². The molecule has 0 spiro atoms. The Balaban J connectivity index is 1.61. The van der Waals surface area contributed by atoms with E-state index in [1.807, 2.05) is 19.9 Å². The number of thioether (sulfide) groups is 1. The van der Waals surface area contributed by atoms with Gasteiger partial charge in [-0.2, -0.15) is 0 Å². The van der Waals surface area contributed by atoms with Crippen LogP contribution in [-0.4, -0.2) is 35.3 Å². The minimum atomic E-state index is -0.0708. The minimum Gasteiger partial charge on any atom is -0.378 e. The molecule has 26 heavy (non-hydrogen) atoms. The molecule has 0 aromatic carbocycles. The highest BCUT2D eigenvalue weighted by Gasteiger charge is 2.21. The zero-order valence-corrected chi connectivity index (χ0v) is 16.3. The van der Waals surface area contributed by atoms with Gasteiger partial charge in [0.25, 0.3) is 5.91 Å². The quantitative estimate of drug-likeness (QED) is 0.779. The number of aryl methyl sites for hydroxylation is 2. The number of hydrogen-bond acceptors (Lipinski definition) is 6. The lowest BCUT2D eigenvalue weighted by Crippen LogP contribution is -2.34. The maximum Gasteiger partial charge on any atom is 0.254 e. The number of hydrogen-bond donors (Lipinski definition) is 1. The Morgan fingerprint density at radius 2 is 2.27 bits per heavy atom. The van der Waals surface area contributed by atoms with Crippen LogP contribution >= 0.6 is 11.8 Å². The fraction of sp³-hybridized carbons (Fsp3) is 0.526. The van der Waals surface area contributed by atoms with Crippen LogP contribution in [0.2, 0.25) is 0 Å². The molecular weight excluding hydrogens is 350 g/mol. The van der Waals surface area contributed by atoms with Crippen LogP contribution in [0.5, 0.6) is 0 Å². The first-order chi connectivity index (χ1) is 12.5. The van der Waals surface area contributed by atoms with Gasteiger partial charge < -0.3 is 14.6 Å². The molecule has 3 heterocycles. The lowest BCUT2D eigenvalue weighted by molar-refractivity contribution is 0.00301. The van der Waals surface area contributed by atoms with Crippen molar-refractivity contribution in [3.05, 3.63) is 40.9 Å². The Morgan fingerprint density at radius 3 is 3.00 bits per heavy atom. The van der Waals surface area contributed by atoms with Crippen molar-refractivity contribution in [2.24, 2.45) is 5.92 Å². The Labute approximate surface area is 158 Å². The fourth-order valence-corrected chi connectivity index (χ4v) is 4.28. The number of pyridine rings is 1. The maximum absolute atomic E-state index is 12.7. The molecule has 0 bridgehead atoms. The summed E-state index contributed by atoms with van der Waals surface area (Å²) < 4.78 is 10.8. The third-order valence-corrected chi connectivity index (χ3v) is 5.73. The molecule has 0 radical (unpaired) electrons. The van der Waals surface area contributed by atoms with Gasteiger partial charge in [0, 0.05) is 30.7 Å². The van der Waals surface area contributed by atoms with Crippen LogP contribution in [-0.2, 0) is 10.5 Å². The van der Waals surface area contributed by atoms with Gasteiger partial charge in [-0.05, 0) is 51.7 Å². The lowest BCUT2D eigenvalue weighted by Gasteiger charge is -2.27. The highest BCUT2D eigenvalue weighted by atomic mass is 32.2. The van der Waals surface area contributed by atoms with E-state index in [0.29, 0.717) is 23.8 Å².